The molecule has 1 fully saturated rings. The molecule has 0 radical (unpaired) electrons. The molecular formula is C16H17BrFN3. The summed E-state index contributed by atoms with van der Waals surface area (Å²) >= 11 is 3.28. The van der Waals surface area contributed by atoms with Crippen molar-refractivity contribution in [1.29, 1.82) is 0 Å². The molecule has 0 aliphatic carbocycles. The lowest BCUT2D eigenvalue weighted by Crippen LogP contribution is -2.39. The standard InChI is InChI=1S/C16H17BrFN3/c17-12-1-2-16(15(18)11-12)20-13-5-9-21(10-6-13)14-3-7-19-8-4-14/h1-4,7-8,11,13,20H,5-6,9-10H2. The normalized spacial score (nSPS) is 16.0. The van der Waals surface area contributed by atoms with Crippen LogP contribution in [0.25, 0.3) is 0 Å². The largest absolute Gasteiger partial charge is 0.380 e. The van der Waals surface area contributed by atoms with Crippen LogP contribution in [-0.4, -0.2) is 24.1 Å². The van der Waals surface area contributed by atoms with Gasteiger partial charge in [-0.1, -0.05) is 15.9 Å². The van der Waals surface area contributed by atoms with Gasteiger partial charge in [0.1, 0.15) is 5.82 Å². The summed E-state index contributed by atoms with van der Waals surface area (Å²) in [6.45, 7) is 1.94. The highest BCUT2D eigenvalue weighted by Gasteiger charge is 2.20. The summed E-state index contributed by atoms with van der Waals surface area (Å²) in [5.41, 5.74) is 1.79. The lowest BCUT2D eigenvalue weighted by atomic mass is 10.0. The number of nitrogens with one attached hydrogen (secondary N) is 1. The van der Waals surface area contributed by atoms with E-state index in [1.54, 1.807) is 6.07 Å². The van der Waals surface area contributed by atoms with E-state index in [0.717, 1.165) is 30.4 Å². The van der Waals surface area contributed by atoms with Crippen LogP contribution in [0, 0.1) is 5.82 Å². The molecule has 1 aliphatic heterocycles. The van der Waals surface area contributed by atoms with E-state index < -0.39 is 0 Å². The van der Waals surface area contributed by atoms with Crippen molar-refractivity contribution in [3.8, 4) is 0 Å². The first kappa shape index (κ1) is 14.3. The van der Waals surface area contributed by atoms with Crippen molar-refractivity contribution in [2.75, 3.05) is 23.3 Å². The second-order valence-electron chi connectivity index (χ2n) is 5.24. The van der Waals surface area contributed by atoms with Crippen LogP contribution in [0.1, 0.15) is 12.8 Å². The van der Waals surface area contributed by atoms with Crippen molar-refractivity contribution in [2.45, 2.75) is 18.9 Å². The van der Waals surface area contributed by atoms with Crippen LogP contribution in [0.5, 0.6) is 0 Å². The molecular weight excluding hydrogens is 333 g/mol. The minimum atomic E-state index is -0.207. The maximum absolute atomic E-state index is 13.8. The summed E-state index contributed by atoms with van der Waals surface area (Å²) in [6.07, 6.45) is 5.63. The van der Waals surface area contributed by atoms with E-state index in [1.165, 1.54) is 11.8 Å². The average Bonchev–Trinajstić information content (AvgIpc) is 2.52. The van der Waals surface area contributed by atoms with Gasteiger partial charge in [-0.05, 0) is 43.2 Å². The van der Waals surface area contributed by atoms with Gasteiger partial charge in [-0.3, -0.25) is 4.98 Å². The fourth-order valence-corrected chi connectivity index (χ4v) is 3.00. The van der Waals surface area contributed by atoms with Crippen LogP contribution in [0.2, 0.25) is 0 Å². The molecule has 21 heavy (non-hydrogen) atoms. The second-order valence-corrected chi connectivity index (χ2v) is 6.15. The molecule has 3 nitrogen and oxygen atoms in total. The van der Waals surface area contributed by atoms with Gasteiger partial charge in [-0.2, -0.15) is 0 Å². The van der Waals surface area contributed by atoms with Gasteiger partial charge in [0.15, 0.2) is 0 Å². The SMILES string of the molecule is Fc1cc(Br)ccc1NC1CCN(c2ccncc2)CC1. The zero-order chi connectivity index (χ0) is 14.7. The molecule has 5 heteroatoms. The van der Waals surface area contributed by atoms with Gasteiger partial charge in [0, 0.05) is 41.7 Å². The number of rotatable bonds is 3. The summed E-state index contributed by atoms with van der Waals surface area (Å²) < 4.78 is 14.6. The maximum atomic E-state index is 13.8. The van der Waals surface area contributed by atoms with Crippen molar-refractivity contribution >= 4 is 27.3 Å². The predicted molar refractivity (Wildman–Crippen MR) is 87.2 cm³/mol. The van der Waals surface area contributed by atoms with E-state index in [-0.39, 0.29) is 5.82 Å². The molecule has 2 aromatic rings. The lowest BCUT2D eigenvalue weighted by molar-refractivity contribution is 0.522. The highest BCUT2D eigenvalue weighted by molar-refractivity contribution is 9.10. The highest BCUT2D eigenvalue weighted by Crippen LogP contribution is 2.24. The molecule has 2 heterocycles. The Labute approximate surface area is 132 Å². The highest BCUT2D eigenvalue weighted by atomic mass is 79.9. The number of aromatic nitrogens is 1. The van der Waals surface area contributed by atoms with E-state index in [1.807, 2.05) is 30.6 Å². The number of hydrogen-bond acceptors (Lipinski definition) is 3. The van der Waals surface area contributed by atoms with E-state index in [0.29, 0.717) is 11.7 Å². The molecule has 1 saturated heterocycles. The third kappa shape index (κ3) is 3.53. The van der Waals surface area contributed by atoms with Crippen LogP contribution in [-0.2, 0) is 0 Å². The van der Waals surface area contributed by atoms with Gasteiger partial charge >= 0.3 is 0 Å². The molecule has 0 amide bonds. The molecule has 0 spiro atoms. The average molecular weight is 350 g/mol. The van der Waals surface area contributed by atoms with Gasteiger partial charge in [0.2, 0.25) is 0 Å². The van der Waals surface area contributed by atoms with Crippen LogP contribution in [0.15, 0.2) is 47.2 Å². The van der Waals surface area contributed by atoms with Crippen LogP contribution < -0.4 is 10.2 Å². The minimum Gasteiger partial charge on any atom is -0.380 e. The Morgan fingerprint density at radius 2 is 1.86 bits per heavy atom. The first-order chi connectivity index (χ1) is 10.2. The molecule has 110 valence electrons. The molecule has 1 aliphatic rings. The summed E-state index contributed by atoms with van der Waals surface area (Å²) in [5.74, 6) is -0.207. The van der Waals surface area contributed by atoms with Crippen molar-refractivity contribution < 1.29 is 4.39 Å². The molecule has 1 aromatic heterocycles. The fourth-order valence-electron chi connectivity index (χ4n) is 2.66. The summed E-state index contributed by atoms with van der Waals surface area (Å²) in [6, 6.07) is 9.52. The monoisotopic (exact) mass is 349 g/mol. The molecule has 1 N–H and O–H groups in total. The summed E-state index contributed by atoms with van der Waals surface area (Å²) in [5, 5.41) is 3.31. The quantitative estimate of drug-likeness (QED) is 0.905. The maximum Gasteiger partial charge on any atom is 0.147 e. The van der Waals surface area contributed by atoms with Gasteiger partial charge in [0.25, 0.3) is 0 Å². The Morgan fingerprint density at radius 1 is 1.14 bits per heavy atom. The molecule has 0 unspecified atom stereocenters. The van der Waals surface area contributed by atoms with E-state index >= 15 is 0 Å². The van der Waals surface area contributed by atoms with Crippen molar-refractivity contribution in [2.24, 2.45) is 0 Å². The summed E-state index contributed by atoms with van der Waals surface area (Å²) in [4.78, 5) is 6.39. The van der Waals surface area contributed by atoms with Crippen molar-refractivity contribution in [3.05, 3.63) is 53.0 Å². The molecule has 0 bridgehead atoms. The second kappa shape index (κ2) is 6.43. The van der Waals surface area contributed by atoms with Crippen molar-refractivity contribution in [3.63, 3.8) is 0 Å². The molecule has 0 atom stereocenters. The van der Waals surface area contributed by atoms with Gasteiger partial charge in [-0.15, -0.1) is 0 Å². The van der Waals surface area contributed by atoms with Crippen molar-refractivity contribution in [1.82, 2.24) is 4.98 Å². The van der Waals surface area contributed by atoms with Crippen LogP contribution in [0.4, 0.5) is 15.8 Å². The number of pyridine rings is 1. The number of anilines is 2. The number of hydrogen-bond donors (Lipinski definition) is 1. The third-order valence-electron chi connectivity index (χ3n) is 3.81. The van der Waals surface area contributed by atoms with Crippen LogP contribution in [0.3, 0.4) is 0 Å². The smallest absolute Gasteiger partial charge is 0.147 e. The Hall–Kier alpha value is -1.62. The predicted octanol–water partition coefficient (Wildman–Crippen LogP) is 4.06. The van der Waals surface area contributed by atoms with E-state index in [2.05, 4.69) is 31.1 Å². The molecule has 1 aromatic carbocycles. The number of benzene rings is 1. The summed E-state index contributed by atoms with van der Waals surface area (Å²) in [7, 11) is 0. The zero-order valence-corrected chi connectivity index (χ0v) is 13.2. The first-order valence-corrected chi connectivity index (χ1v) is 7.88. The molecule has 3 rings (SSSR count). The number of nitrogens with zero attached hydrogens (tertiary/aromatic N) is 2. The topological polar surface area (TPSA) is 28.2 Å². The Bertz CT molecular complexity index is 598. The minimum absolute atomic E-state index is 0.207. The Morgan fingerprint density at radius 3 is 2.52 bits per heavy atom. The Kier molecular flexibility index (Phi) is 4.39. The first-order valence-electron chi connectivity index (χ1n) is 7.09. The number of halogens is 2. The Balaban J connectivity index is 1.59. The third-order valence-corrected chi connectivity index (χ3v) is 4.31. The molecule has 0 saturated carbocycles. The lowest BCUT2D eigenvalue weighted by Gasteiger charge is -2.34. The number of piperidine rings is 1. The zero-order valence-electron chi connectivity index (χ0n) is 11.6. The van der Waals surface area contributed by atoms with Crippen LogP contribution >= 0.6 is 15.9 Å². The van der Waals surface area contributed by atoms with Gasteiger partial charge in [-0.25, -0.2) is 4.39 Å². The van der Waals surface area contributed by atoms with Gasteiger partial charge in [0.05, 0.1) is 5.69 Å². The van der Waals surface area contributed by atoms with E-state index in [4.69, 9.17) is 0 Å². The van der Waals surface area contributed by atoms with E-state index in [9.17, 15) is 4.39 Å². The van der Waals surface area contributed by atoms with Gasteiger partial charge < -0.3 is 10.2 Å². The fraction of sp³-hybridized carbons (Fsp3) is 0.312.